The molecule has 1 aromatic carbocycles. The molecule has 1 aliphatic carbocycles. The molecule has 2 fully saturated rings. The highest BCUT2D eigenvalue weighted by atomic mass is 35.5. The minimum absolute atomic E-state index is 0.0780. The fourth-order valence-corrected chi connectivity index (χ4v) is 4.38. The quantitative estimate of drug-likeness (QED) is 0.759. The van der Waals surface area contributed by atoms with Gasteiger partial charge < -0.3 is 18.9 Å². The lowest BCUT2D eigenvalue weighted by atomic mass is 9.62. The van der Waals surface area contributed by atoms with Gasteiger partial charge in [0.1, 0.15) is 17.5 Å². The number of carbonyl (C=O) groups excluding carboxylic acids is 1. The first kappa shape index (κ1) is 19.1. The van der Waals surface area contributed by atoms with Gasteiger partial charge in [-0.2, -0.15) is 0 Å². The molecule has 2 aromatic rings. The molecule has 1 aromatic heterocycles. The Hall–Kier alpha value is -2.21. The van der Waals surface area contributed by atoms with Crippen LogP contribution in [0.25, 0.3) is 10.8 Å². The van der Waals surface area contributed by atoms with Crippen LogP contribution >= 0.6 is 11.6 Å². The third-order valence-corrected chi connectivity index (χ3v) is 5.79. The van der Waals surface area contributed by atoms with Crippen LogP contribution in [-0.4, -0.2) is 40.4 Å². The van der Waals surface area contributed by atoms with Crippen molar-refractivity contribution in [3.05, 3.63) is 39.8 Å². The smallest absolute Gasteiger partial charge is 0.410 e. The predicted molar refractivity (Wildman–Crippen MR) is 108 cm³/mol. The van der Waals surface area contributed by atoms with Crippen molar-refractivity contribution in [1.82, 2.24) is 9.47 Å². The summed E-state index contributed by atoms with van der Waals surface area (Å²) in [6, 6.07) is 5.39. The minimum Gasteiger partial charge on any atom is -0.490 e. The van der Waals surface area contributed by atoms with Crippen LogP contribution in [0, 0.1) is 5.41 Å². The molecule has 28 heavy (non-hydrogen) atoms. The number of hydrogen-bond donors (Lipinski definition) is 0. The maximum atomic E-state index is 12.4. The minimum atomic E-state index is -0.474. The Bertz CT molecular complexity index is 994. The van der Waals surface area contributed by atoms with Crippen molar-refractivity contribution >= 4 is 28.5 Å². The second kappa shape index (κ2) is 6.41. The van der Waals surface area contributed by atoms with Crippen LogP contribution < -0.4 is 10.3 Å². The van der Waals surface area contributed by atoms with E-state index in [1.54, 1.807) is 24.2 Å². The molecule has 2 heterocycles. The highest BCUT2D eigenvalue weighted by molar-refractivity contribution is 6.35. The van der Waals surface area contributed by atoms with Crippen LogP contribution in [-0.2, 0) is 11.8 Å². The van der Waals surface area contributed by atoms with Gasteiger partial charge in [-0.05, 0) is 51.8 Å². The van der Waals surface area contributed by atoms with E-state index in [9.17, 15) is 9.59 Å². The zero-order valence-corrected chi connectivity index (χ0v) is 17.4. The van der Waals surface area contributed by atoms with Crippen molar-refractivity contribution in [3.8, 4) is 5.75 Å². The average molecular weight is 405 g/mol. The average Bonchev–Trinajstić information content (AvgIpc) is 2.51. The van der Waals surface area contributed by atoms with E-state index < -0.39 is 5.60 Å². The van der Waals surface area contributed by atoms with Crippen molar-refractivity contribution in [3.63, 3.8) is 0 Å². The van der Waals surface area contributed by atoms with E-state index in [-0.39, 0.29) is 23.2 Å². The van der Waals surface area contributed by atoms with Gasteiger partial charge in [-0.25, -0.2) is 4.79 Å². The molecule has 0 bridgehead atoms. The Morgan fingerprint density at radius 1 is 1.21 bits per heavy atom. The number of fused-ring (bicyclic) bond motifs is 1. The molecule has 1 aliphatic heterocycles. The lowest BCUT2D eigenvalue weighted by Gasteiger charge is -2.58. The number of nitrogens with zero attached hydrogens (tertiary/aromatic N) is 2. The number of aromatic nitrogens is 1. The number of hydrogen-bond acceptors (Lipinski definition) is 4. The van der Waals surface area contributed by atoms with Crippen molar-refractivity contribution < 1.29 is 14.3 Å². The largest absolute Gasteiger partial charge is 0.490 e. The van der Waals surface area contributed by atoms with E-state index in [0.29, 0.717) is 29.2 Å². The van der Waals surface area contributed by atoms with Gasteiger partial charge in [0.25, 0.3) is 5.56 Å². The lowest BCUT2D eigenvalue weighted by molar-refractivity contribution is -0.116. The molecule has 2 aliphatic rings. The maximum Gasteiger partial charge on any atom is 0.410 e. The van der Waals surface area contributed by atoms with E-state index in [1.807, 2.05) is 32.9 Å². The van der Waals surface area contributed by atoms with Gasteiger partial charge in [0, 0.05) is 37.1 Å². The highest BCUT2D eigenvalue weighted by Gasteiger charge is 2.55. The van der Waals surface area contributed by atoms with E-state index in [0.717, 1.165) is 18.2 Å². The number of benzene rings is 1. The molecule has 0 radical (unpaired) electrons. The van der Waals surface area contributed by atoms with Crippen molar-refractivity contribution in [2.45, 2.75) is 45.3 Å². The topological polar surface area (TPSA) is 60.8 Å². The third kappa shape index (κ3) is 3.34. The molecule has 4 rings (SSSR count). The summed E-state index contributed by atoms with van der Waals surface area (Å²) >= 11 is 6.24. The summed E-state index contributed by atoms with van der Waals surface area (Å²) in [5.41, 5.74) is -0.470. The van der Waals surface area contributed by atoms with Gasteiger partial charge in [-0.15, -0.1) is 0 Å². The van der Waals surface area contributed by atoms with Gasteiger partial charge in [0.15, 0.2) is 0 Å². The highest BCUT2D eigenvalue weighted by Crippen LogP contribution is 2.50. The molecule has 0 N–H and O–H groups in total. The summed E-state index contributed by atoms with van der Waals surface area (Å²) in [4.78, 5) is 26.3. The monoisotopic (exact) mass is 404 g/mol. The number of rotatable bonds is 2. The van der Waals surface area contributed by atoms with Crippen molar-refractivity contribution in [1.29, 1.82) is 0 Å². The SMILES string of the molecule is Cn1ccc2c(OC3CC4(C3)CN(C(=O)OC(C)(C)C)C4)ccc(Cl)c2c1=O. The normalized spacial score (nSPS) is 18.7. The molecule has 0 atom stereocenters. The fourth-order valence-electron chi connectivity index (χ4n) is 4.14. The van der Waals surface area contributed by atoms with Crippen LogP contribution in [0.1, 0.15) is 33.6 Å². The number of aryl methyl sites for hydroxylation is 1. The van der Waals surface area contributed by atoms with Crippen molar-refractivity contribution in [2.24, 2.45) is 12.5 Å². The number of carbonyl (C=O) groups is 1. The molecule has 1 saturated heterocycles. The first-order valence-corrected chi connectivity index (χ1v) is 9.87. The maximum absolute atomic E-state index is 12.4. The number of likely N-dealkylation sites (tertiary alicyclic amines) is 1. The summed E-state index contributed by atoms with van der Waals surface area (Å²) in [5.74, 6) is 0.681. The second-order valence-electron chi connectivity index (χ2n) is 9.05. The second-order valence-corrected chi connectivity index (χ2v) is 9.46. The summed E-state index contributed by atoms with van der Waals surface area (Å²) in [6.07, 6.45) is 3.33. The summed E-state index contributed by atoms with van der Waals surface area (Å²) < 4.78 is 13.1. The molecule has 1 amide bonds. The van der Waals surface area contributed by atoms with E-state index in [2.05, 4.69) is 0 Å². The van der Waals surface area contributed by atoms with Gasteiger partial charge in [0.2, 0.25) is 0 Å². The molecule has 0 unspecified atom stereocenters. The first-order valence-electron chi connectivity index (χ1n) is 9.49. The van der Waals surface area contributed by atoms with Crippen LogP contribution in [0.3, 0.4) is 0 Å². The predicted octanol–water partition coefficient (Wildman–Crippen LogP) is 3.97. The van der Waals surface area contributed by atoms with E-state index in [1.165, 1.54) is 4.57 Å². The van der Waals surface area contributed by atoms with Gasteiger partial charge in [0.05, 0.1) is 10.4 Å². The van der Waals surface area contributed by atoms with Gasteiger partial charge in [-0.3, -0.25) is 4.79 Å². The summed E-state index contributed by atoms with van der Waals surface area (Å²) in [6.45, 7) is 7.04. The number of pyridine rings is 1. The molecule has 6 nitrogen and oxygen atoms in total. The van der Waals surface area contributed by atoms with Crippen LogP contribution in [0.4, 0.5) is 4.79 Å². The molecular weight excluding hydrogens is 380 g/mol. The fraction of sp³-hybridized carbons (Fsp3) is 0.524. The molecule has 1 spiro atoms. The Balaban J connectivity index is 1.40. The van der Waals surface area contributed by atoms with Crippen LogP contribution in [0.2, 0.25) is 5.02 Å². The Morgan fingerprint density at radius 3 is 2.54 bits per heavy atom. The molecule has 7 heteroatoms. The van der Waals surface area contributed by atoms with Gasteiger partial charge >= 0.3 is 6.09 Å². The summed E-state index contributed by atoms with van der Waals surface area (Å²) in [5, 5.41) is 1.65. The molecule has 150 valence electrons. The molecular formula is C21H25ClN2O4. The third-order valence-electron chi connectivity index (χ3n) is 5.47. The van der Waals surface area contributed by atoms with Crippen LogP contribution in [0.5, 0.6) is 5.75 Å². The number of ether oxygens (including phenoxy) is 2. The zero-order valence-electron chi connectivity index (χ0n) is 16.6. The Kier molecular flexibility index (Phi) is 4.38. The molecule has 1 saturated carbocycles. The first-order chi connectivity index (χ1) is 13.1. The Morgan fingerprint density at radius 2 is 1.89 bits per heavy atom. The number of amides is 1. The van der Waals surface area contributed by atoms with E-state index >= 15 is 0 Å². The standard InChI is InChI=1S/C21H25ClN2O4/c1-20(2,3)28-19(26)24-11-21(12-24)9-13(10-21)27-16-6-5-15(22)17-14(16)7-8-23(4)18(17)25/h5-8,13H,9-12H2,1-4H3. The number of halogens is 1. The van der Waals surface area contributed by atoms with Crippen LogP contribution in [0.15, 0.2) is 29.2 Å². The summed E-state index contributed by atoms with van der Waals surface area (Å²) in [7, 11) is 1.70. The van der Waals surface area contributed by atoms with E-state index in [4.69, 9.17) is 21.1 Å². The zero-order chi connectivity index (χ0) is 20.3. The lowest BCUT2D eigenvalue weighted by Crippen LogP contribution is -2.66. The van der Waals surface area contributed by atoms with Gasteiger partial charge in [-0.1, -0.05) is 11.6 Å². The Labute approximate surface area is 169 Å². The van der Waals surface area contributed by atoms with Crippen molar-refractivity contribution in [2.75, 3.05) is 13.1 Å².